The maximum absolute atomic E-state index is 12.4. The number of quaternary nitrogens is 1. The van der Waals surface area contributed by atoms with Crippen molar-refractivity contribution in [2.24, 2.45) is 0 Å². The summed E-state index contributed by atoms with van der Waals surface area (Å²) in [6.07, 6.45) is 0.0161. The number of alkyl carbamates (subject to hydrolysis) is 1. The highest BCUT2D eigenvalue weighted by Crippen LogP contribution is 2.16. The molecule has 0 spiro atoms. The van der Waals surface area contributed by atoms with Gasteiger partial charge in [-0.2, -0.15) is 0 Å². The van der Waals surface area contributed by atoms with Crippen molar-refractivity contribution < 1.29 is 24.0 Å². The quantitative estimate of drug-likeness (QED) is 0.603. The fourth-order valence-electron chi connectivity index (χ4n) is 2.56. The van der Waals surface area contributed by atoms with Crippen LogP contribution in [0.5, 0.6) is 0 Å². The van der Waals surface area contributed by atoms with Crippen LogP contribution in [0.2, 0.25) is 0 Å². The summed E-state index contributed by atoms with van der Waals surface area (Å²) in [6.45, 7) is 8.57. The predicted octanol–water partition coefficient (Wildman–Crippen LogP) is 0.740. The van der Waals surface area contributed by atoms with Crippen LogP contribution in [-0.2, 0) is 14.3 Å². The molecule has 7 nitrogen and oxygen atoms in total. The van der Waals surface area contributed by atoms with E-state index < -0.39 is 12.0 Å². The van der Waals surface area contributed by atoms with Gasteiger partial charge >= 0.3 is 6.09 Å². The van der Waals surface area contributed by atoms with E-state index in [9.17, 15) is 14.4 Å². The van der Waals surface area contributed by atoms with Crippen molar-refractivity contribution in [1.82, 2.24) is 10.6 Å². The molecule has 1 rings (SSSR count). The summed E-state index contributed by atoms with van der Waals surface area (Å²) >= 11 is 0. The third kappa shape index (κ3) is 7.65. The molecule has 26 heavy (non-hydrogen) atoms. The Bertz CT molecular complexity index is 601. The first-order chi connectivity index (χ1) is 12.4. The number of carbonyl (C=O) groups excluding carboxylic acids is 3. The summed E-state index contributed by atoms with van der Waals surface area (Å²) < 4.78 is 4.67. The van der Waals surface area contributed by atoms with Gasteiger partial charge in [0.1, 0.15) is 0 Å². The van der Waals surface area contributed by atoms with Gasteiger partial charge in [0.05, 0.1) is 19.2 Å². The van der Waals surface area contributed by atoms with E-state index in [0.29, 0.717) is 6.54 Å². The zero-order valence-corrected chi connectivity index (χ0v) is 16.1. The maximum Gasteiger partial charge on any atom is 0.414 e. The number of nitrogens with one attached hydrogen (secondary N) is 3. The Kier molecular flexibility index (Phi) is 9.36. The Morgan fingerprint density at radius 1 is 1.04 bits per heavy atom. The van der Waals surface area contributed by atoms with Crippen LogP contribution in [0, 0.1) is 6.92 Å². The minimum Gasteiger partial charge on any atom is -0.450 e. The SMILES string of the molecule is CCOC(=O)NC(=O)C[NH+](CC)CC(=O)N[C@@H](CC)c1ccc(C)cc1. The van der Waals surface area contributed by atoms with Crippen LogP contribution >= 0.6 is 0 Å². The van der Waals surface area contributed by atoms with Gasteiger partial charge in [-0.05, 0) is 32.8 Å². The lowest BCUT2D eigenvalue weighted by molar-refractivity contribution is -0.881. The normalized spacial score (nSPS) is 12.8. The third-order valence-corrected chi connectivity index (χ3v) is 4.06. The molecule has 0 aliphatic heterocycles. The summed E-state index contributed by atoms with van der Waals surface area (Å²) in [7, 11) is 0. The van der Waals surface area contributed by atoms with Gasteiger partial charge in [0.25, 0.3) is 11.8 Å². The van der Waals surface area contributed by atoms with Gasteiger partial charge in [-0.25, -0.2) is 4.79 Å². The van der Waals surface area contributed by atoms with Crippen LogP contribution in [0.4, 0.5) is 4.79 Å². The predicted molar refractivity (Wildman–Crippen MR) is 98.8 cm³/mol. The molecule has 144 valence electrons. The van der Waals surface area contributed by atoms with Crippen LogP contribution in [-0.4, -0.2) is 44.1 Å². The minimum absolute atomic E-state index is 0.0318. The van der Waals surface area contributed by atoms with Gasteiger partial charge < -0.3 is 15.0 Å². The zero-order valence-electron chi connectivity index (χ0n) is 16.1. The summed E-state index contributed by atoms with van der Waals surface area (Å²) in [6, 6.07) is 8.01. The number of benzene rings is 1. The number of hydrogen-bond acceptors (Lipinski definition) is 4. The molecule has 0 bridgehead atoms. The first-order valence-corrected chi connectivity index (χ1v) is 9.05. The summed E-state index contributed by atoms with van der Waals surface area (Å²) in [5, 5.41) is 5.17. The second kappa shape index (κ2) is 11.3. The highest BCUT2D eigenvalue weighted by Gasteiger charge is 2.20. The van der Waals surface area contributed by atoms with E-state index in [1.807, 2.05) is 45.0 Å². The smallest absolute Gasteiger partial charge is 0.414 e. The molecule has 0 saturated carbocycles. The fourth-order valence-corrected chi connectivity index (χ4v) is 2.56. The second-order valence-corrected chi connectivity index (χ2v) is 6.16. The average Bonchev–Trinajstić information content (AvgIpc) is 2.60. The van der Waals surface area contributed by atoms with Crippen molar-refractivity contribution in [3.63, 3.8) is 0 Å². The summed E-state index contributed by atoms with van der Waals surface area (Å²) in [5.74, 6) is -0.586. The number of carbonyl (C=O) groups is 3. The highest BCUT2D eigenvalue weighted by atomic mass is 16.5. The number of amides is 3. The van der Waals surface area contributed by atoms with Gasteiger partial charge in [-0.3, -0.25) is 14.9 Å². The number of imide groups is 1. The van der Waals surface area contributed by atoms with E-state index >= 15 is 0 Å². The Labute approximate surface area is 155 Å². The van der Waals surface area contributed by atoms with Gasteiger partial charge in [0.2, 0.25) is 0 Å². The van der Waals surface area contributed by atoms with Gasteiger partial charge in [0.15, 0.2) is 13.1 Å². The van der Waals surface area contributed by atoms with Crippen LogP contribution in [0.3, 0.4) is 0 Å². The molecule has 0 radical (unpaired) electrons. The summed E-state index contributed by atoms with van der Waals surface area (Å²) in [5.41, 5.74) is 2.23. The number of ether oxygens (including phenoxy) is 1. The van der Waals surface area contributed by atoms with Crippen molar-refractivity contribution in [2.45, 2.75) is 40.2 Å². The highest BCUT2D eigenvalue weighted by molar-refractivity contribution is 5.92. The lowest BCUT2D eigenvalue weighted by Gasteiger charge is -2.20. The van der Waals surface area contributed by atoms with E-state index in [1.54, 1.807) is 6.92 Å². The molecule has 0 heterocycles. The van der Waals surface area contributed by atoms with Crippen molar-refractivity contribution >= 4 is 17.9 Å². The Morgan fingerprint density at radius 2 is 1.65 bits per heavy atom. The zero-order chi connectivity index (χ0) is 19.5. The van der Waals surface area contributed by atoms with E-state index in [4.69, 9.17) is 0 Å². The average molecular weight is 364 g/mol. The van der Waals surface area contributed by atoms with E-state index in [-0.39, 0.29) is 31.6 Å². The lowest BCUT2D eigenvalue weighted by Crippen LogP contribution is -3.14. The Balaban J connectivity index is 2.55. The van der Waals surface area contributed by atoms with Crippen molar-refractivity contribution in [1.29, 1.82) is 0 Å². The van der Waals surface area contributed by atoms with E-state index in [0.717, 1.165) is 16.9 Å². The monoisotopic (exact) mass is 364 g/mol. The van der Waals surface area contributed by atoms with E-state index in [2.05, 4.69) is 15.4 Å². The van der Waals surface area contributed by atoms with Crippen LogP contribution in [0.15, 0.2) is 24.3 Å². The third-order valence-electron chi connectivity index (χ3n) is 4.06. The van der Waals surface area contributed by atoms with Crippen LogP contribution in [0.25, 0.3) is 0 Å². The topological polar surface area (TPSA) is 88.9 Å². The molecule has 0 fully saturated rings. The summed E-state index contributed by atoms with van der Waals surface area (Å²) in [4.78, 5) is 36.3. The number of aryl methyl sites for hydroxylation is 1. The van der Waals surface area contributed by atoms with Crippen LogP contribution in [0.1, 0.15) is 44.4 Å². The number of hydrogen-bond donors (Lipinski definition) is 3. The maximum atomic E-state index is 12.4. The minimum atomic E-state index is -0.761. The van der Waals surface area contributed by atoms with Crippen molar-refractivity contribution in [3.05, 3.63) is 35.4 Å². The molecule has 0 aliphatic rings. The molecule has 1 aromatic rings. The molecule has 1 unspecified atom stereocenters. The molecule has 0 aliphatic carbocycles. The number of likely N-dealkylation sites (N-methyl/N-ethyl adjacent to an activating group) is 1. The van der Waals surface area contributed by atoms with Gasteiger partial charge in [0, 0.05) is 0 Å². The molecular weight excluding hydrogens is 334 g/mol. The Hall–Kier alpha value is -2.41. The van der Waals surface area contributed by atoms with Crippen LogP contribution < -0.4 is 15.5 Å². The van der Waals surface area contributed by atoms with Gasteiger partial charge in [-0.1, -0.05) is 36.8 Å². The van der Waals surface area contributed by atoms with E-state index in [1.165, 1.54) is 5.56 Å². The fraction of sp³-hybridized carbons (Fsp3) is 0.526. The first kappa shape index (κ1) is 21.6. The molecule has 0 aromatic heterocycles. The molecular formula is C19H30N3O4+. The molecule has 2 atom stereocenters. The second-order valence-electron chi connectivity index (χ2n) is 6.16. The molecule has 3 N–H and O–H groups in total. The van der Waals surface area contributed by atoms with Gasteiger partial charge in [-0.15, -0.1) is 0 Å². The molecule has 3 amide bonds. The largest absolute Gasteiger partial charge is 0.450 e. The number of rotatable bonds is 9. The molecule has 0 saturated heterocycles. The lowest BCUT2D eigenvalue weighted by atomic mass is 10.0. The Morgan fingerprint density at radius 3 is 2.19 bits per heavy atom. The first-order valence-electron chi connectivity index (χ1n) is 9.05. The van der Waals surface area contributed by atoms with Crippen molar-refractivity contribution in [2.75, 3.05) is 26.2 Å². The standard InChI is InChI=1S/C19H29N3O4/c1-5-16(15-10-8-14(4)9-11-15)20-17(23)12-22(6-2)13-18(24)21-19(25)26-7-3/h8-11,16H,5-7,12-13H2,1-4H3,(H,20,23)(H,21,24,25)/p+1/t16-/m0/s1. The molecule has 1 aromatic carbocycles. The van der Waals surface area contributed by atoms with Crippen molar-refractivity contribution in [3.8, 4) is 0 Å². The molecule has 7 heteroatoms.